The van der Waals surface area contributed by atoms with Crippen LogP contribution in [0.5, 0.6) is 0 Å². The van der Waals surface area contributed by atoms with Crippen LogP contribution in [0, 0.1) is 0 Å². The molecule has 0 unspecified atom stereocenters. The van der Waals surface area contributed by atoms with E-state index < -0.39 is 0 Å². The van der Waals surface area contributed by atoms with E-state index in [0.29, 0.717) is 22.3 Å². The van der Waals surface area contributed by atoms with Crippen molar-refractivity contribution in [2.45, 2.75) is 0 Å². The molecule has 22 heavy (non-hydrogen) atoms. The van der Waals surface area contributed by atoms with E-state index in [-0.39, 0.29) is 5.56 Å². The quantitative estimate of drug-likeness (QED) is 0.720. The summed E-state index contributed by atoms with van der Waals surface area (Å²) in [7, 11) is 1.67. The van der Waals surface area contributed by atoms with Crippen molar-refractivity contribution in [1.82, 2.24) is 14.5 Å². The molecule has 0 atom stereocenters. The molecular weight excluding hydrogens is 278 g/mol. The van der Waals surface area contributed by atoms with Gasteiger partial charge in [0.05, 0.1) is 6.33 Å². The van der Waals surface area contributed by atoms with Crippen molar-refractivity contribution in [3.05, 3.63) is 64.8 Å². The van der Waals surface area contributed by atoms with Crippen molar-refractivity contribution in [1.29, 1.82) is 0 Å². The molecule has 3 rings (SSSR count). The number of nitrogens with zero attached hydrogens (tertiary/aromatic N) is 3. The van der Waals surface area contributed by atoms with Crippen LogP contribution >= 0.6 is 0 Å². The van der Waals surface area contributed by atoms with Gasteiger partial charge in [0.15, 0.2) is 0 Å². The number of benzene rings is 1. The summed E-state index contributed by atoms with van der Waals surface area (Å²) in [6.07, 6.45) is 6.49. The van der Waals surface area contributed by atoms with Crippen LogP contribution in [0.2, 0.25) is 0 Å². The number of aliphatic imine (C=N–C) groups is 1. The molecule has 0 aliphatic rings. The highest BCUT2D eigenvalue weighted by Crippen LogP contribution is 2.23. The number of nitrogens with one attached hydrogen (secondary N) is 1. The summed E-state index contributed by atoms with van der Waals surface area (Å²) in [5, 5.41) is 0. The molecule has 0 radical (unpaired) electrons. The molecule has 2 aromatic heterocycles. The number of H-pyrrole nitrogens is 1. The average molecular weight is 293 g/mol. The maximum atomic E-state index is 12.2. The topological polar surface area (TPSA) is 89.1 Å². The number of aromatic nitrogens is 3. The zero-order chi connectivity index (χ0) is 15.5. The predicted molar refractivity (Wildman–Crippen MR) is 88.3 cm³/mol. The minimum absolute atomic E-state index is 0.211. The lowest BCUT2D eigenvalue weighted by atomic mass is 10.2. The Morgan fingerprint density at radius 1 is 1.36 bits per heavy atom. The van der Waals surface area contributed by atoms with Crippen LogP contribution in [0.25, 0.3) is 22.4 Å². The van der Waals surface area contributed by atoms with Crippen LogP contribution in [0.3, 0.4) is 0 Å². The van der Waals surface area contributed by atoms with Gasteiger partial charge < -0.3 is 15.3 Å². The van der Waals surface area contributed by atoms with Gasteiger partial charge in [-0.2, -0.15) is 0 Å². The smallest absolute Gasteiger partial charge is 0.275 e. The van der Waals surface area contributed by atoms with Gasteiger partial charge in [0, 0.05) is 36.4 Å². The number of nitrogens with two attached hydrogens (primary N) is 1. The fraction of sp³-hybridized carbons (Fsp3) is 0.0625. The fourth-order valence-corrected chi connectivity index (χ4v) is 2.32. The maximum Gasteiger partial charge on any atom is 0.275 e. The van der Waals surface area contributed by atoms with Crippen molar-refractivity contribution in [3.8, 4) is 5.69 Å². The molecule has 6 nitrogen and oxygen atoms in total. The highest BCUT2D eigenvalue weighted by molar-refractivity contribution is 5.94. The summed E-state index contributed by atoms with van der Waals surface area (Å²) in [4.78, 5) is 23.0. The standard InChI is InChI=1S/C16H15N5O/c1-18-8-7-13(17)12-9-21(11-5-3-2-4-6-11)15-14(12)19-10-20-16(15)22/h2-10H,17H2,1H3,(H,19,20,22). The van der Waals surface area contributed by atoms with Crippen LogP contribution in [-0.2, 0) is 0 Å². The lowest BCUT2D eigenvalue weighted by molar-refractivity contribution is 1.08. The maximum absolute atomic E-state index is 12.2. The summed E-state index contributed by atoms with van der Waals surface area (Å²) >= 11 is 0. The number of rotatable bonds is 3. The van der Waals surface area contributed by atoms with Gasteiger partial charge in [-0.05, 0) is 18.2 Å². The zero-order valence-corrected chi connectivity index (χ0v) is 12.0. The summed E-state index contributed by atoms with van der Waals surface area (Å²) in [6.45, 7) is 0. The SMILES string of the molecule is CN=CC=C(N)c1cn(-c2ccccc2)c2c(=O)[nH]cnc12. The number of hydrogen-bond donors (Lipinski definition) is 2. The van der Waals surface area contributed by atoms with Crippen LogP contribution in [0.1, 0.15) is 5.56 Å². The normalized spacial score (nSPS) is 12.3. The van der Waals surface area contributed by atoms with Crippen LogP contribution in [0.15, 0.2) is 58.7 Å². The Bertz CT molecular complexity index is 919. The number of allylic oxidation sites excluding steroid dienone is 1. The van der Waals surface area contributed by atoms with Crippen molar-refractivity contribution >= 4 is 22.9 Å². The van der Waals surface area contributed by atoms with E-state index in [9.17, 15) is 4.79 Å². The van der Waals surface area contributed by atoms with E-state index in [2.05, 4.69) is 15.0 Å². The van der Waals surface area contributed by atoms with E-state index >= 15 is 0 Å². The van der Waals surface area contributed by atoms with Crippen molar-refractivity contribution in [2.75, 3.05) is 7.05 Å². The van der Waals surface area contributed by atoms with Gasteiger partial charge in [-0.25, -0.2) is 4.98 Å². The molecule has 3 aromatic rings. The molecule has 0 spiro atoms. The largest absolute Gasteiger partial charge is 0.398 e. The second kappa shape index (κ2) is 5.69. The summed E-state index contributed by atoms with van der Waals surface area (Å²) < 4.78 is 1.79. The molecule has 0 aliphatic heterocycles. The first-order valence-corrected chi connectivity index (χ1v) is 6.75. The monoisotopic (exact) mass is 293 g/mol. The molecule has 0 aliphatic carbocycles. The molecule has 0 saturated carbocycles. The molecule has 0 saturated heterocycles. The molecule has 0 bridgehead atoms. The number of fused-ring (bicyclic) bond motifs is 1. The highest BCUT2D eigenvalue weighted by atomic mass is 16.1. The third kappa shape index (κ3) is 2.31. The molecule has 2 heterocycles. The van der Waals surface area contributed by atoms with Gasteiger partial charge in [-0.3, -0.25) is 9.79 Å². The fourth-order valence-electron chi connectivity index (χ4n) is 2.32. The van der Waals surface area contributed by atoms with E-state index in [0.717, 1.165) is 5.69 Å². The zero-order valence-electron chi connectivity index (χ0n) is 12.0. The Kier molecular flexibility index (Phi) is 3.57. The number of aromatic amines is 1. The molecule has 0 fully saturated rings. The summed E-state index contributed by atoms with van der Waals surface area (Å²) in [6, 6.07) is 9.58. The molecule has 0 amide bonds. The minimum atomic E-state index is -0.211. The third-order valence-electron chi connectivity index (χ3n) is 3.33. The van der Waals surface area contributed by atoms with Crippen molar-refractivity contribution < 1.29 is 0 Å². The lowest BCUT2D eigenvalue weighted by Crippen LogP contribution is -2.10. The highest BCUT2D eigenvalue weighted by Gasteiger charge is 2.15. The van der Waals surface area contributed by atoms with Gasteiger partial charge in [0.25, 0.3) is 5.56 Å². The van der Waals surface area contributed by atoms with E-state index in [1.165, 1.54) is 6.33 Å². The molecule has 3 N–H and O–H groups in total. The molecule has 1 aromatic carbocycles. The van der Waals surface area contributed by atoms with Gasteiger partial charge >= 0.3 is 0 Å². The lowest BCUT2D eigenvalue weighted by Gasteiger charge is -2.03. The van der Waals surface area contributed by atoms with E-state index in [4.69, 9.17) is 5.73 Å². The first-order valence-electron chi connectivity index (χ1n) is 6.75. The van der Waals surface area contributed by atoms with Gasteiger partial charge in [-0.15, -0.1) is 0 Å². The van der Waals surface area contributed by atoms with Crippen LogP contribution in [0.4, 0.5) is 0 Å². The van der Waals surface area contributed by atoms with Crippen LogP contribution < -0.4 is 11.3 Å². The molecule has 6 heteroatoms. The Balaban J connectivity index is 2.33. The third-order valence-corrected chi connectivity index (χ3v) is 3.33. The van der Waals surface area contributed by atoms with Crippen LogP contribution in [-0.4, -0.2) is 27.8 Å². The predicted octanol–water partition coefficient (Wildman–Crippen LogP) is 1.71. The van der Waals surface area contributed by atoms with E-state index in [1.54, 1.807) is 23.9 Å². The second-order valence-electron chi connectivity index (χ2n) is 4.71. The molecular formula is C16H15N5O. The average Bonchev–Trinajstić information content (AvgIpc) is 2.94. The number of para-hydroxylation sites is 1. The first kappa shape index (κ1) is 13.8. The summed E-state index contributed by atoms with van der Waals surface area (Å²) in [5.41, 5.74) is 8.98. The minimum Gasteiger partial charge on any atom is -0.398 e. The van der Waals surface area contributed by atoms with E-state index in [1.807, 2.05) is 36.5 Å². The Morgan fingerprint density at radius 2 is 2.14 bits per heavy atom. The Morgan fingerprint density at radius 3 is 2.86 bits per heavy atom. The second-order valence-corrected chi connectivity index (χ2v) is 4.71. The van der Waals surface area contributed by atoms with Gasteiger partial charge in [-0.1, -0.05) is 18.2 Å². The van der Waals surface area contributed by atoms with Crippen molar-refractivity contribution in [2.24, 2.45) is 10.7 Å². The first-order chi connectivity index (χ1) is 10.7. The summed E-state index contributed by atoms with van der Waals surface area (Å²) in [5.74, 6) is 0. The Hall–Kier alpha value is -3.15. The molecule has 110 valence electrons. The number of hydrogen-bond acceptors (Lipinski definition) is 4. The van der Waals surface area contributed by atoms with Gasteiger partial charge in [0.2, 0.25) is 0 Å². The van der Waals surface area contributed by atoms with Crippen molar-refractivity contribution in [3.63, 3.8) is 0 Å². The van der Waals surface area contributed by atoms with Gasteiger partial charge in [0.1, 0.15) is 11.0 Å². The Labute approximate surface area is 126 Å².